The summed E-state index contributed by atoms with van der Waals surface area (Å²) in [6.45, 7) is 4.05. The third-order valence-electron chi connectivity index (χ3n) is 4.96. The number of benzene rings is 3. The van der Waals surface area contributed by atoms with Crippen LogP contribution in [0.25, 0.3) is 17.0 Å². The Kier molecular flexibility index (Phi) is 7.03. The Bertz CT molecular complexity index is 1510. The molecule has 0 fully saturated rings. The minimum atomic E-state index is -4.56. The number of alkyl halides is 3. The highest BCUT2D eigenvalue weighted by atomic mass is 35.5. The number of thiazole rings is 1. The largest absolute Gasteiger partial charge is 0.418 e. The van der Waals surface area contributed by atoms with E-state index in [0.29, 0.717) is 38.1 Å². The third-order valence-corrected chi connectivity index (χ3v) is 6.52. The van der Waals surface area contributed by atoms with Crippen molar-refractivity contribution >= 4 is 45.9 Å². The smallest absolute Gasteiger partial charge is 0.292 e. The summed E-state index contributed by atoms with van der Waals surface area (Å²) in [5.74, 6) is 0. The van der Waals surface area contributed by atoms with Crippen LogP contribution in [0.15, 0.2) is 83.7 Å². The molecule has 1 heterocycles. The van der Waals surface area contributed by atoms with Gasteiger partial charge in [0, 0.05) is 10.9 Å². The van der Waals surface area contributed by atoms with Crippen LogP contribution in [0.3, 0.4) is 0 Å². The molecule has 10 heteroatoms. The Balaban J connectivity index is 1.86. The van der Waals surface area contributed by atoms with Crippen molar-refractivity contribution in [3.8, 4) is 17.3 Å². The van der Waals surface area contributed by atoms with Crippen LogP contribution in [0.2, 0.25) is 10.0 Å². The van der Waals surface area contributed by atoms with E-state index in [0.717, 1.165) is 17.4 Å². The molecule has 1 N–H and O–H groups in total. The molecule has 0 saturated carbocycles. The number of hydrogen-bond donors (Lipinski definition) is 1. The molecule has 176 valence electrons. The minimum absolute atomic E-state index is 0.220. The molecule has 0 aliphatic carbocycles. The van der Waals surface area contributed by atoms with Crippen molar-refractivity contribution in [2.75, 3.05) is 5.43 Å². The molecule has 3 aromatic carbocycles. The van der Waals surface area contributed by atoms with Crippen LogP contribution in [0, 0.1) is 11.3 Å². The first-order valence-electron chi connectivity index (χ1n) is 10.0. The number of rotatable bonds is 5. The number of aromatic nitrogens is 1. The second kappa shape index (κ2) is 10.0. The molecule has 1 aromatic heterocycles. The van der Waals surface area contributed by atoms with Crippen LogP contribution < -0.4 is 10.2 Å². The summed E-state index contributed by atoms with van der Waals surface area (Å²) in [4.78, 5) is 4.57. The van der Waals surface area contributed by atoms with Crippen molar-refractivity contribution in [2.45, 2.75) is 6.18 Å². The van der Waals surface area contributed by atoms with Crippen LogP contribution >= 0.6 is 34.5 Å². The van der Waals surface area contributed by atoms with Crippen LogP contribution in [-0.4, -0.2) is 4.68 Å². The van der Waals surface area contributed by atoms with E-state index in [9.17, 15) is 13.2 Å². The molecule has 0 spiro atoms. The molecule has 0 bridgehead atoms. The van der Waals surface area contributed by atoms with Crippen molar-refractivity contribution in [2.24, 2.45) is 4.99 Å². The number of nitrogens with zero attached hydrogens (tertiary/aromatic N) is 3. The molecule has 0 aliphatic heterocycles. The quantitative estimate of drug-likeness (QED) is 0.285. The first kappa shape index (κ1) is 24.6. The van der Waals surface area contributed by atoms with Gasteiger partial charge in [-0.25, -0.2) is 9.67 Å². The van der Waals surface area contributed by atoms with Gasteiger partial charge in [0.05, 0.1) is 44.3 Å². The van der Waals surface area contributed by atoms with Crippen LogP contribution in [0.5, 0.6) is 0 Å². The molecule has 35 heavy (non-hydrogen) atoms. The number of para-hydroxylation sites is 1. The molecule has 0 saturated heterocycles. The Morgan fingerprint density at radius 3 is 2.40 bits per heavy atom. The molecule has 0 radical (unpaired) electrons. The van der Waals surface area contributed by atoms with Gasteiger partial charge in [-0.1, -0.05) is 60.1 Å². The first-order valence-corrected chi connectivity index (χ1v) is 11.6. The number of nitrogens with one attached hydrogen (secondary N) is 1. The van der Waals surface area contributed by atoms with Crippen LogP contribution in [-0.2, 0) is 6.18 Å². The summed E-state index contributed by atoms with van der Waals surface area (Å²) in [6.07, 6.45) is -4.56. The predicted octanol–water partition coefficient (Wildman–Crippen LogP) is 7.86. The Morgan fingerprint density at radius 2 is 1.74 bits per heavy atom. The standard InChI is InChI=1S/C25H15Cl2F3N4S/c1-15(17-8-6-16(13-31)7-9-17)33-34-23(18-10-11-20(26)21(27)12-18)14-35-24(34)32-22-5-3-2-4-19(22)25(28,29)30/h2-12,14,33H,1H2. The summed E-state index contributed by atoms with van der Waals surface area (Å²) >= 11 is 13.4. The van der Waals surface area contributed by atoms with Crippen molar-refractivity contribution in [3.05, 3.63) is 110 Å². The Labute approximate surface area is 212 Å². The van der Waals surface area contributed by atoms with Gasteiger partial charge in [-0.3, -0.25) is 5.43 Å². The van der Waals surface area contributed by atoms with Crippen molar-refractivity contribution in [3.63, 3.8) is 0 Å². The summed E-state index contributed by atoms with van der Waals surface area (Å²) in [6, 6.07) is 18.9. The average molecular weight is 531 g/mol. The number of hydrogen-bond acceptors (Lipinski definition) is 4. The van der Waals surface area contributed by atoms with Gasteiger partial charge in [0.1, 0.15) is 0 Å². The van der Waals surface area contributed by atoms with Gasteiger partial charge in [0.25, 0.3) is 0 Å². The van der Waals surface area contributed by atoms with Crippen LogP contribution in [0.1, 0.15) is 16.7 Å². The van der Waals surface area contributed by atoms with Gasteiger partial charge in [0.2, 0.25) is 4.80 Å². The fraction of sp³-hybridized carbons (Fsp3) is 0.0400. The first-order chi connectivity index (χ1) is 16.7. The second-order valence-electron chi connectivity index (χ2n) is 7.27. The second-order valence-corrected chi connectivity index (χ2v) is 8.92. The third kappa shape index (κ3) is 5.43. The zero-order chi connectivity index (χ0) is 25.2. The lowest BCUT2D eigenvalue weighted by Gasteiger charge is -2.15. The molecular formula is C25H15Cl2F3N4S. The molecule has 0 amide bonds. The topological polar surface area (TPSA) is 53.1 Å². The Morgan fingerprint density at radius 1 is 1.03 bits per heavy atom. The summed E-state index contributed by atoms with van der Waals surface area (Å²) in [5, 5.41) is 11.5. The minimum Gasteiger partial charge on any atom is -0.292 e. The van der Waals surface area contributed by atoms with E-state index in [1.54, 1.807) is 47.8 Å². The van der Waals surface area contributed by atoms with E-state index < -0.39 is 11.7 Å². The maximum absolute atomic E-state index is 13.6. The molecule has 4 rings (SSSR count). The molecule has 4 nitrogen and oxygen atoms in total. The van der Waals surface area contributed by atoms with E-state index in [1.165, 1.54) is 22.9 Å². The van der Waals surface area contributed by atoms with E-state index in [4.69, 9.17) is 28.5 Å². The van der Waals surface area contributed by atoms with E-state index in [-0.39, 0.29) is 10.5 Å². The highest BCUT2D eigenvalue weighted by molar-refractivity contribution is 7.07. The van der Waals surface area contributed by atoms with Gasteiger partial charge in [0.15, 0.2) is 0 Å². The Hall–Kier alpha value is -3.51. The fourth-order valence-electron chi connectivity index (χ4n) is 3.21. The normalized spacial score (nSPS) is 11.8. The number of halogens is 5. The predicted molar refractivity (Wildman–Crippen MR) is 134 cm³/mol. The maximum Gasteiger partial charge on any atom is 0.418 e. The molecule has 0 unspecified atom stereocenters. The van der Waals surface area contributed by atoms with Crippen molar-refractivity contribution < 1.29 is 13.2 Å². The highest BCUT2D eigenvalue weighted by Crippen LogP contribution is 2.36. The van der Waals surface area contributed by atoms with Gasteiger partial charge in [-0.15, -0.1) is 11.3 Å². The van der Waals surface area contributed by atoms with E-state index >= 15 is 0 Å². The van der Waals surface area contributed by atoms with Gasteiger partial charge >= 0.3 is 6.18 Å². The zero-order valence-corrected chi connectivity index (χ0v) is 20.1. The summed E-state index contributed by atoms with van der Waals surface area (Å²) in [7, 11) is 0. The van der Waals surface area contributed by atoms with Crippen molar-refractivity contribution in [1.82, 2.24) is 4.68 Å². The molecule has 4 aromatic rings. The lowest BCUT2D eigenvalue weighted by atomic mass is 10.1. The molecule has 0 atom stereocenters. The molecular weight excluding hydrogens is 516 g/mol. The van der Waals surface area contributed by atoms with Crippen molar-refractivity contribution in [1.29, 1.82) is 5.26 Å². The SMILES string of the molecule is C=C(Nn1c(-c2ccc(Cl)c(Cl)c2)csc1=Nc1ccccc1C(F)(F)F)c1ccc(C#N)cc1. The van der Waals surface area contributed by atoms with Crippen LogP contribution in [0.4, 0.5) is 18.9 Å². The van der Waals surface area contributed by atoms with Gasteiger partial charge < -0.3 is 0 Å². The molecule has 0 aliphatic rings. The van der Waals surface area contributed by atoms with Gasteiger partial charge in [-0.05, 0) is 42.0 Å². The van der Waals surface area contributed by atoms with Gasteiger partial charge in [-0.2, -0.15) is 18.4 Å². The highest BCUT2D eigenvalue weighted by Gasteiger charge is 2.33. The summed E-state index contributed by atoms with van der Waals surface area (Å²) in [5.41, 5.74) is 4.93. The zero-order valence-electron chi connectivity index (χ0n) is 17.8. The van der Waals surface area contributed by atoms with E-state index in [1.807, 2.05) is 6.07 Å². The fourth-order valence-corrected chi connectivity index (χ4v) is 4.37. The lowest BCUT2D eigenvalue weighted by molar-refractivity contribution is -0.137. The van der Waals surface area contributed by atoms with E-state index in [2.05, 4.69) is 17.0 Å². The lowest BCUT2D eigenvalue weighted by Crippen LogP contribution is -2.25. The number of nitriles is 1. The summed E-state index contributed by atoms with van der Waals surface area (Å²) < 4.78 is 42.2. The monoisotopic (exact) mass is 530 g/mol. The average Bonchev–Trinajstić information content (AvgIpc) is 3.22. The maximum atomic E-state index is 13.6.